The van der Waals surface area contributed by atoms with Crippen LogP contribution < -0.4 is 10.5 Å². The van der Waals surface area contributed by atoms with Gasteiger partial charge in [-0.2, -0.15) is 0 Å². The average Bonchev–Trinajstić information content (AvgIpc) is 2.40. The molecule has 0 aromatic heterocycles. The lowest BCUT2D eigenvalue weighted by Gasteiger charge is -2.09. The first kappa shape index (κ1) is 13.8. The molecule has 0 saturated heterocycles. The number of nitrogen functional groups attached to an aromatic ring is 1. The fraction of sp³-hybridized carbons (Fsp3) is 0.250. The van der Waals surface area contributed by atoms with Crippen molar-refractivity contribution in [1.82, 2.24) is 0 Å². The normalized spacial score (nSPS) is 10.5. The summed E-state index contributed by atoms with van der Waals surface area (Å²) in [6.45, 7) is 4.26. The van der Waals surface area contributed by atoms with Crippen LogP contribution in [0.15, 0.2) is 41.3 Å². The van der Waals surface area contributed by atoms with Gasteiger partial charge in [-0.05, 0) is 43.2 Å². The summed E-state index contributed by atoms with van der Waals surface area (Å²) in [4.78, 5) is 1.33. The second-order valence-electron chi connectivity index (χ2n) is 4.63. The van der Waals surface area contributed by atoms with Gasteiger partial charge in [-0.15, -0.1) is 11.8 Å². The molecule has 2 nitrogen and oxygen atoms in total. The summed E-state index contributed by atoms with van der Waals surface area (Å²) in [5.74, 6) is 1.65. The minimum atomic E-state index is 0.696. The molecule has 2 N–H and O–H groups in total. The van der Waals surface area contributed by atoms with Crippen molar-refractivity contribution in [2.75, 3.05) is 12.8 Å². The van der Waals surface area contributed by atoms with E-state index in [1.54, 1.807) is 7.11 Å². The van der Waals surface area contributed by atoms with Gasteiger partial charge >= 0.3 is 0 Å². The SMILES string of the molecule is COc1ccc(CSc2cc(C)ccc2C)cc1N. The Labute approximate surface area is 119 Å². The molecule has 0 saturated carbocycles. The molecule has 0 aliphatic rings. The van der Waals surface area contributed by atoms with Gasteiger partial charge in [0.05, 0.1) is 12.8 Å². The monoisotopic (exact) mass is 273 g/mol. The molecule has 19 heavy (non-hydrogen) atoms. The van der Waals surface area contributed by atoms with Crippen LogP contribution in [0.25, 0.3) is 0 Å². The van der Waals surface area contributed by atoms with Gasteiger partial charge in [-0.25, -0.2) is 0 Å². The van der Waals surface area contributed by atoms with E-state index in [1.165, 1.54) is 21.6 Å². The first-order valence-corrected chi connectivity index (χ1v) is 7.21. The predicted octanol–water partition coefficient (Wildman–Crippen LogP) is 4.19. The van der Waals surface area contributed by atoms with Crippen LogP contribution >= 0.6 is 11.8 Å². The third-order valence-electron chi connectivity index (χ3n) is 3.03. The van der Waals surface area contributed by atoms with E-state index in [1.807, 2.05) is 23.9 Å². The van der Waals surface area contributed by atoms with E-state index < -0.39 is 0 Å². The number of anilines is 1. The van der Waals surface area contributed by atoms with Gasteiger partial charge in [-0.3, -0.25) is 0 Å². The van der Waals surface area contributed by atoms with Crippen LogP contribution in [0, 0.1) is 13.8 Å². The third-order valence-corrected chi connectivity index (χ3v) is 4.26. The number of thioether (sulfide) groups is 1. The molecule has 2 aromatic rings. The van der Waals surface area contributed by atoms with Crippen molar-refractivity contribution >= 4 is 17.4 Å². The maximum Gasteiger partial charge on any atom is 0.141 e. The minimum absolute atomic E-state index is 0.696. The number of hydrogen-bond acceptors (Lipinski definition) is 3. The summed E-state index contributed by atoms with van der Waals surface area (Å²) in [5.41, 5.74) is 10.4. The van der Waals surface area contributed by atoms with Crippen molar-refractivity contribution in [3.05, 3.63) is 53.1 Å². The van der Waals surface area contributed by atoms with Crippen LogP contribution in [0.2, 0.25) is 0 Å². The van der Waals surface area contributed by atoms with E-state index in [4.69, 9.17) is 10.5 Å². The van der Waals surface area contributed by atoms with Crippen molar-refractivity contribution < 1.29 is 4.74 Å². The van der Waals surface area contributed by atoms with Gasteiger partial charge in [0.15, 0.2) is 0 Å². The highest BCUT2D eigenvalue weighted by Crippen LogP contribution is 2.29. The zero-order chi connectivity index (χ0) is 13.8. The Balaban J connectivity index is 2.10. The molecule has 2 rings (SSSR count). The predicted molar refractivity (Wildman–Crippen MR) is 82.9 cm³/mol. The van der Waals surface area contributed by atoms with E-state index in [2.05, 4.69) is 38.1 Å². The van der Waals surface area contributed by atoms with Gasteiger partial charge < -0.3 is 10.5 Å². The number of hydrogen-bond donors (Lipinski definition) is 1. The smallest absolute Gasteiger partial charge is 0.141 e. The molecule has 100 valence electrons. The zero-order valence-electron chi connectivity index (χ0n) is 11.6. The molecular formula is C16H19NOS. The molecule has 0 amide bonds. The summed E-state index contributed by atoms with van der Waals surface area (Å²) in [6, 6.07) is 12.5. The largest absolute Gasteiger partial charge is 0.495 e. The minimum Gasteiger partial charge on any atom is -0.495 e. The number of nitrogens with two attached hydrogens (primary N) is 1. The Hall–Kier alpha value is -1.61. The Kier molecular flexibility index (Phi) is 4.38. The van der Waals surface area contributed by atoms with E-state index in [0.717, 1.165) is 11.5 Å². The molecular weight excluding hydrogens is 254 g/mol. The summed E-state index contributed by atoms with van der Waals surface area (Å²) in [6.07, 6.45) is 0. The molecule has 2 aromatic carbocycles. The van der Waals surface area contributed by atoms with Crippen LogP contribution in [0.1, 0.15) is 16.7 Å². The highest BCUT2D eigenvalue weighted by molar-refractivity contribution is 7.98. The van der Waals surface area contributed by atoms with Crippen LogP contribution in [0.5, 0.6) is 5.75 Å². The van der Waals surface area contributed by atoms with E-state index in [9.17, 15) is 0 Å². The fourth-order valence-corrected chi connectivity index (χ4v) is 2.96. The molecule has 0 unspecified atom stereocenters. The van der Waals surface area contributed by atoms with Gasteiger partial charge in [0, 0.05) is 10.6 Å². The van der Waals surface area contributed by atoms with Crippen molar-refractivity contribution in [3.63, 3.8) is 0 Å². The molecule has 0 aliphatic heterocycles. The molecule has 0 spiro atoms. The Morgan fingerprint density at radius 2 is 1.89 bits per heavy atom. The van der Waals surface area contributed by atoms with Gasteiger partial charge in [0.2, 0.25) is 0 Å². The number of ether oxygens (including phenoxy) is 1. The highest BCUT2D eigenvalue weighted by atomic mass is 32.2. The summed E-state index contributed by atoms with van der Waals surface area (Å²) in [5, 5.41) is 0. The lowest BCUT2D eigenvalue weighted by atomic mass is 10.2. The first-order valence-electron chi connectivity index (χ1n) is 6.22. The summed E-state index contributed by atoms with van der Waals surface area (Å²) >= 11 is 1.84. The van der Waals surface area contributed by atoms with Crippen molar-refractivity contribution in [2.24, 2.45) is 0 Å². The van der Waals surface area contributed by atoms with E-state index in [-0.39, 0.29) is 0 Å². The van der Waals surface area contributed by atoms with Crippen molar-refractivity contribution in [2.45, 2.75) is 24.5 Å². The molecule has 0 aliphatic carbocycles. The molecule has 3 heteroatoms. The van der Waals surface area contributed by atoms with Gasteiger partial charge in [0.1, 0.15) is 5.75 Å². The average molecular weight is 273 g/mol. The maximum atomic E-state index is 5.92. The Morgan fingerprint density at radius 1 is 1.11 bits per heavy atom. The fourth-order valence-electron chi connectivity index (χ4n) is 1.90. The summed E-state index contributed by atoms with van der Waals surface area (Å²) in [7, 11) is 1.64. The van der Waals surface area contributed by atoms with E-state index in [0.29, 0.717) is 5.69 Å². The Morgan fingerprint density at radius 3 is 2.58 bits per heavy atom. The molecule has 0 radical (unpaired) electrons. The number of benzene rings is 2. The topological polar surface area (TPSA) is 35.2 Å². The molecule has 0 fully saturated rings. The van der Waals surface area contributed by atoms with Crippen LogP contribution in [0.3, 0.4) is 0 Å². The zero-order valence-corrected chi connectivity index (χ0v) is 12.4. The van der Waals surface area contributed by atoms with Crippen molar-refractivity contribution in [1.29, 1.82) is 0 Å². The lowest BCUT2D eigenvalue weighted by molar-refractivity contribution is 0.417. The lowest BCUT2D eigenvalue weighted by Crippen LogP contribution is -1.93. The second kappa shape index (κ2) is 6.02. The number of methoxy groups -OCH3 is 1. The number of rotatable bonds is 4. The van der Waals surface area contributed by atoms with Crippen LogP contribution in [0.4, 0.5) is 5.69 Å². The van der Waals surface area contributed by atoms with Crippen LogP contribution in [-0.4, -0.2) is 7.11 Å². The van der Waals surface area contributed by atoms with E-state index >= 15 is 0 Å². The molecule has 0 atom stereocenters. The van der Waals surface area contributed by atoms with Gasteiger partial charge in [0.25, 0.3) is 0 Å². The first-order chi connectivity index (χ1) is 9.10. The Bertz CT molecular complexity index is 581. The van der Waals surface area contributed by atoms with Gasteiger partial charge in [-0.1, -0.05) is 23.8 Å². The summed E-state index contributed by atoms with van der Waals surface area (Å²) < 4.78 is 5.17. The van der Waals surface area contributed by atoms with Crippen molar-refractivity contribution in [3.8, 4) is 5.75 Å². The maximum absolute atomic E-state index is 5.92. The highest BCUT2D eigenvalue weighted by Gasteiger charge is 2.03. The number of aryl methyl sites for hydroxylation is 2. The third kappa shape index (κ3) is 3.44. The standard InChI is InChI=1S/C16H19NOS/c1-11-4-5-12(2)16(8-11)19-10-13-6-7-15(18-3)14(17)9-13/h4-9H,10,17H2,1-3H3. The van der Waals surface area contributed by atoms with Crippen LogP contribution in [-0.2, 0) is 5.75 Å². The molecule has 0 bridgehead atoms. The molecule has 0 heterocycles. The quantitative estimate of drug-likeness (QED) is 0.670. The second-order valence-corrected chi connectivity index (χ2v) is 5.65.